The van der Waals surface area contributed by atoms with E-state index < -0.39 is 0 Å². The molecule has 0 aliphatic heterocycles. The quantitative estimate of drug-likeness (QED) is 0.842. The van der Waals surface area contributed by atoms with Gasteiger partial charge in [-0.05, 0) is 43.7 Å². The lowest BCUT2D eigenvalue weighted by Gasteiger charge is -2.24. The largest absolute Gasteiger partial charge is 0.396 e. The van der Waals surface area contributed by atoms with Crippen LogP contribution in [0.15, 0.2) is 24.3 Å². The van der Waals surface area contributed by atoms with Crippen molar-refractivity contribution < 1.29 is 9.50 Å². The molecule has 100 valence electrons. The molecule has 0 saturated heterocycles. The lowest BCUT2D eigenvalue weighted by atomic mass is 10.0. The van der Waals surface area contributed by atoms with Crippen molar-refractivity contribution in [3.05, 3.63) is 35.6 Å². The second-order valence-corrected chi connectivity index (χ2v) is 5.34. The molecule has 0 radical (unpaired) electrons. The minimum Gasteiger partial charge on any atom is -0.396 e. The third-order valence-electron chi connectivity index (χ3n) is 3.88. The molecule has 0 heterocycles. The molecule has 3 unspecified atom stereocenters. The molecule has 1 aromatic rings. The van der Waals surface area contributed by atoms with E-state index in [1.54, 1.807) is 6.07 Å². The van der Waals surface area contributed by atoms with Gasteiger partial charge in [-0.25, -0.2) is 4.39 Å². The van der Waals surface area contributed by atoms with Crippen LogP contribution in [0.4, 0.5) is 4.39 Å². The Morgan fingerprint density at radius 3 is 2.89 bits per heavy atom. The van der Waals surface area contributed by atoms with E-state index in [4.69, 9.17) is 0 Å². The van der Waals surface area contributed by atoms with Gasteiger partial charge in [0, 0.05) is 18.7 Å². The smallest absolute Gasteiger partial charge is 0.126 e. The van der Waals surface area contributed by atoms with E-state index in [0.29, 0.717) is 18.4 Å². The van der Waals surface area contributed by atoms with Gasteiger partial charge in [0.1, 0.15) is 5.82 Å². The Morgan fingerprint density at radius 1 is 1.39 bits per heavy atom. The molecule has 1 aliphatic carbocycles. The topological polar surface area (TPSA) is 32.3 Å². The van der Waals surface area contributed by atoms with E-state index in [9.17, 15) is 9.50 Å². The molecule has 0 aromatic heterocycles. The summed E-state index contributed by atoms with van der Waals surface area (Å²) in [6.07, 6.45) is 4.09. The van der Waals surface area contributed by atoms with Gasteiger partial charge in [-0.15, -0.1) is 0 Å². The van der Waals surface area contributed by atoms with Crippen LogP contribution >= 0.6 is 0 Å². The number of aliphatic hydroxyl groups is 1. The Labute approximate surface area is 108 Å². The average Bonchev–Trinajstić information content (AvgIpc) is 2.79. The highest BCUT2D eigenvalue weighted by Gasteiger charge is 2.27. The van der Waals surface area contributed by atoms with Crippen LogP contribution in [0.5, 0.6) is 0 Å². The zero-order valence-electron chi connectivity index (χ0n) is 10.9. The number of benzene rings is 1. The third kappa shape index (κ3) is 3.30. The summed E-state index contributed by atoms with van der Waals surface area (Å²) in [5.74, 6) is 0.240. The first-order chi connectivity index (χ1) is 8.70. The molecule has 2 nitrogen and oxygen atoms in total. The van der Waals surface area contributed by atoms with Gasteiger partial charge in [0.15, 0.2) is 0 Å². The van der Waals surface area contributed by atoms with Gasteiger partial charge < -0.3 is 10.4 Å². The highest BCUT2D eigenvalue weighted by atomic mass is 19.1. The fourth-order valence-electron chi connectivity index (χ4n) is 2.89. The van der Waals surface area contributed by atoms with Crippen LogP contribution in [0, 0.1) is 11.7 Å². The lowest BCUT2D eigenvalue weighted by Crippen LogP contribution is -2.41. The second kappa shape index (κ2) is 6.30. The predicted octanol–water partition coefficient (Wildman–Crippen LogP) is 2.51. The van der Waals surface area contributed by atoms with E-state index in [2.05, 4.69) is 12.2 Å². The predicted molar refractivity (Wildman–Crippen MR) is 70.9 cm³/mol. The molecule has 0 amide bonds. The van der Waals surface area contributed by atoms with Crippen LogP contribution in [0.1, 0.15) is 31.7 Å². The SMILES string of the molecule is CC(Cc1ccccc1F)NC1CCCC1CO. The molecule has 18 heavy (non-hydrogen) atoms. The summed E-state index contributed by atoms with van der Waals surface area (Å²) >= 11 is 0. The Hall–Kier alpha value is -0.930. The first kappa shape index (κ1) is 13.5. The molecular formula is C15H22FNO. The van der Waals surface area contributed by atoms with Crippen molar-refractivity contribution in [1.29, 1.82) is 0 Å². The Kier molecular flexibility index (Phi) is 4.72. The van der Waals surface area contributed by atoms with Crippen molar-refractivity contribution in [2.24, 2.45) is 5.92 Å². The van der Waals surface area contributed by atoms with Crippen LogP contribution in [0.25, 0.3) is 0 Å². The van der Waals surface area contributed by atoms with E-state index in [1.165, 1.54) is 12.5 Å². The first-order valence-corrected chi connectivity index (χ1v) is 6.81. The molecular weight excluding hydrogens is 229 g/mol. The fourth-order valence-corrected chi connectivity index (χ4v) is 2.89. The molecule has 2 rings (SSSR count). The number of rotatable bonds is 5. The number of nitrogens with one attached hydrogen (secondary N) is 1. The Balaban J connectivity index is 1.89. The minimum atomic E-state index is -0.128. The number of aliphatic hydroxyl groups excluding tert-OH is 1. The molecule has 3 atom stereocenters. The highest BCUT2D eigenvalue weighted by molar-refractivity contribution is 5.18. The lowest BCUT2D eigenvalue weighted by molar-refractivity contribution is 0.200. The van der Waals surface area contributed by atoms with Crippen molar-refractivity contribution in [2.45, 2.75) is 44.7 Å². The van der Waals surface area contributed by atoms with Crippen molar-refractivity contribution in [3.63, 3.8) is 0 Å². The van der Waals surface area contributed by atoms with Gasteiger partial charge in [-0.1, -0.05) is 24.6 Å². The molecule has 2 N–H and O–H groups in total. The van der Waals surface area contributed by atoms with Crippen LogP contribution in [0.2, 0.25) is 0 Å². The van der Waals surface area contributed by atoms with Crippen LogP contribution in [-0.2, 0) is 6.42 Å². The number of hydrogen-bond acceptors (Lipinski definition) is 2. The molecule has 1 aromatic carbocycles. The Bertz CT molecular complexity index is 383. The van der Waals surface area contributed by atoms with E-state index in [-0.39, 0.29) is 18.5 Å². The minimum absolute atomic E-state index is 0.128. The van der Waals surface area contributed by atoms with Crippen molar-refractivity contribution in [1.82, 2.24) is 5.32 Å². The highest BCUT2D eigenvalue weighted by Crippen LogP contribution is 2.25. The summed E-state index contributed by atoms with van der Waals surface area (Å²) in [5, 5.41) is 12.8. The van der Waals surface area contributed by atoms with Gasteiger partial charge >= 0.3 is 0 Å². The maximum Gasteiger partial charge on any atom is 0.126 e. The zero-order valence-corrected chi connectivity index (χ0v) is 10.9. The summed E-state index contributed by atoms with van der Waals surface area (Å²) in [6, 6.07) is 7.56. The second-order valence-electron chi connectivity index (χ2n) is 5.34. The van der Waals surface area contributed by atoms with Gasteiger partial charge in [0.2, 0.25) is 0 Å². The normalized spacial score (nSPS) is 25.3. The molecule has 3 heteroatoms. The average molecular weight is 251 g/mol. The maximum absolute atomic E-state index is 13.5. The summed E-state index contributed by atoms with van der Waals surface area (Å²) in [6.45, 7) is 2.34. The number of halogens is 1. The maximum atomic E-state index is 13.5. The molecule has 1 aliphatic rings. The standard InChI is InChI=1S/C15H22FNO/c1-11(9-12-5-2-3-7-14(12)16)17-15-8-4-6-13(15)10-18/h2-3,5,7,11,13,15,17-18H,4,6,8-10H2,1H3. The van der Waals surface area contributed by atoms with E-state index in [0.717, 1.165) is 18.4 Å². The van der Waals surface area contributed by atoms with Crippen LogP contribution < -0.4 is 5.32 Å². The fraction of sp³-hybridized carbons (Fsp3) is 0.600. The number of hydrogen-bond donors (Lipinski definition) is 2. The van der Waals surface area contributed by atoms with E-state index >= 15 is 0 Å². The van der Waals surface area contributed by atoms with Gasteiger partial charge in [0.05, 0.1) is 0 Å². The molecule has 1 saturated carbocycles. The molecule has 0 bridgehead atoms. The molecule has 1 fully saturated rings. The molecule has 0 spiro atoms. The van der Waals surface area contributed by atoms with Crippen molar-refractivity contribution in [2.75, 3.05) is 6.61 Å². The van der Waals surface area contributed by atoms with Gasteiger partial charge in [-0.2, -0.15) is 0 Å². The van der Waals surface area contributed by atoms with Crippen molar-refractivity contribution >= 4 is 0 Å². The summed E-state index contributed by atoms with van der Waals surface area (Å²) in [5.41, 5.74) is 0.760. The summed E-state index contributed by atoms with van der Waals surface area (Å²) < 4.78 is 13.5. The van der Waals surface area contributed by atoms with Crippen LogP contribution in [0.3, 0.4) is 0 Å². The zero-order chi connectivity index (χ0) is 13.0. The summed E-state index contributed by atoms with van der Waals surface area (Å²) in [7, 11) is 0. The third-order valence-corrected chi connectivity index (χ3v) is 3.88. The van der Waals surface area contributed by atoms with E-state index in [1.807, 2.05) is 12.1 Å². The van der Waals surface area contributed by atoms with Crippen molar-refractivity contribution in [3.8, 4) is 0 Å². The van der Waals surface area contributed by atoms with Gasteiger partial charge in [0.25, 0.3) is 0 Å². The first-order valence-electron chi connectivity index (χ1n) is 6.81. The van der Waals surface area contributed by atoms with Crippen LogP contribution in [-0.4, -0.2) is 23.8 Å². The summed E-state index contributed by atoms with van der Waals surface area (Å²) in [4.78, 5) is 0. The monoisotopic (exact) mass is 251 g/mol. The van der Waals surface area contributed by atoms with Gasteiger partial charge in [-0.3, -0.25) is 0 Å². The Morgan fingerprint density at radius 2 is 2.17 bits per heavy atom.